The predicted octanol–water partition coefficient (Wildman–Crippen LogP) is 3.02. The van der Waals surface area contributed by atoms with Crippen LogP contribution >= 0.6 is 0 Å². The maximum absolute atomic E-state index is 12.1. The van der Waals surface area contributed by atoms with E-state index >= 15 is 0 Å². The summed E-state index contributed by atoms with van der Waals surface area (Å²) in [6.45, 7) is 3.36. The van der Waals surface area contributed by atoms with Gasteiger partial charge in [0.05, 0.1) is 29.7 Å². The number of benzene rings is 1. The predicted molar refractivity (Wildman–Crippen MR) is 114 cm³/mol. The van der Waals surface area contributed by atoms with E-state index in [1.807, 2.05) is 11.0 Å². The van der Waals surface area contributed by atoms with E-state index in [9.17, 15) is 13.7 Å². The highest BCUT2D eigenvalue weighted by Gasteiger charge is 2.23. The molecule has 0 saturated heterocycles. The van der Waals surface area contributed by atoms with Crippen LogP contribution in [0.15, 0.2) is 40.4 Å². The SMILES string of the molecule is CCCS(=O)(=O)Nc1cccc(Oc2cc3c(cn2)N=CN2CCCN=C32)c1C#N. The lowest BCUT2D eigenvalue weighted by molar-refractivity contribution is 0.461. The van der Waals surface area contributed by atoms with Crippen LogP contribution in [0.3, 0.4) is 0 Å². The Bertz CT molecular complexity index is 1180. The first-order valence-electron chi connectivity index (χ1n) is 9.58. The molecule has 0 radical (unpaired) electrons. The van der Waals surface area contributed by atoms with Crippen LogP contribution in [0, 0.1) is 11.3 Å². The Kier molecular flexibility index (Phi) is 5.37. The molecule has 0 fully saturated rings. The molecule has 0 saturated carbocycles. The number of sulfonamides is 1. The van der Waals surface area contributed by atoms with Gasteiger partial charge < -0.3 is 9.64 Å². The third-order valence-corrected chi connectivity index (χ3v) is 6.09. The maximum Gasteiger partial charge on any atom is 0.232 e. The van der Waals surface area contributed by atoms with Crippen LogP contribution in [0.2, 0.25) is 0 Å². The first-order valence-corrected chi connectivity index (χ1v) is 11.2. The molecule has 2 aliphatic heterocycles. The molecule has 1 N–H and O–H groups in total. The Morgan fingerprint density at radius 2 is 2.23 bits per heavy atom. The molecular formula is C20H20N6O3S. The summed E-state index contributed by atoms with van der Waals surface area (Å²) in [6.07, 6.45) is 4.78. The van der Waals surface area contributed by atoms with E-state index in [1.165, 1.54) is 6.07 Å². The summed E-state index contributed by atoms with van der Waals surface area (Å²) in [5.41, 5.74) is 1.77. The van der Waals surface area contributed by atoms with Gasteiger partial charge in [-0.15, -0.1) is 0 Å². The van der Waals surface area contributed by atoms with Crippen molar-refractivity contribution in [1.82, 2.24) is 9.88 Å². The van der Waals surface area contributed by atoms with Gasteiger partial charge >= 0.3 is 0 Å². The monoisotopic (exact) mass is 424 g/mol. The largest absolute Gasteiger partial charge is 0.438 e. The van der Waals surface area contributed by atoms with E-state index in [0.717, 1.165) is 30.9 Å². The van der Waals surface area contributed by atoms with Gasteiger partial charge in [0.25, 0.3) is 0 Å². The summed E-state index contributed by atoms with van der Waals surface area (Å²) in [7, 11) is -3.54. The molecule has 154 valence electrons. The van der Waals surface area contributed by atoms with Gasteiger partial charge in [-0.1, -0.05) is 13.0 Å². The van der Waals surface area contributed by atoms with Crippen molar-refractivity contribution in [3.05, 3.63) is 41.6 Å². The lowest BCUT2D eigenvalue weighted by atomic mass is 10.1. The van der Waals surface area contributed by atoms with Gasteiger partial charge in [-0.05, 0) is 25.0 Å². The first-order chi connectivity index (χ1) is 14.5. The van der Waals surface area contributed by atoms with Crippen molar-refractivity contribution in [3.8, 4) is 17.7 Å². The number of aromatic nitrogens is 1. The molecule has 9 nitrogen and oxygen atoms in total. The van der Waals surface area contributed by atoms with E-state index in [1.54, 1.807) is 37.7 Å². The van der Waals surface area contributed by atoms with E-state index < -0.39 is 10.0 Å². The fraction of sp³-hybridized carbons (Fsp3) is 0.300. The van der Waals surface area contributed by atoms with Crippen molar-refractivity contribution in [2.45, 2.75) is 19.8 Å². The molecule has 1 aromatic carbocycles. The van der Waals surface area contributed by atoms with Crippen LogP contribution in [0.4, 0.5) is 11.4 Å². The highest BCUT2D eigenvalue weighted by molar-refractivity contribution is 7.92. The second kappa shape index (κ2) is 8.12. The summed E-state index contributed by atoms with van der Waals surface area (Å²) in [5, 5.41) is 9.62. The third-order valence-electron chi connectivity index (χ3n) is 4.62. The van der Waals surface area contributed by atoms with Crippen LogP contribution in [-0.4, -0.2) is 49.3 Å². The van der Waals surface area contributed by atoms with Crippen molar-refractivity contribution >= 4 is 33.6 Å². The molecule has 2 aliphatic rings. The second-order valence-corrected chi connectivity index (χ2v) is 8.69. The quantitative estimate of drug-likeness (QED) is 0.761. The Labute approximate surface area is 174 Å². The number of nitrogens with zero attached hydrogens (tertiary/aromatic N) is 5. The maximum atomic E-state index is 12.1. The number of fused-ring (bicyclic) bond motifs is 3. The zero-order valence-electron chi connectivity index (χ0n) is 16.4. The molecule has 0 spiro atoms. The zero-order valence-corrected chi connectivity index (χ0v) is 17.2. The standard InChI is InChI=1S/C20H20N6O3S/c1-2-9-30(27,28)25-16-5-3-6-18(15(16)11-21)29-19-10-14-17(12-23-19)24-13-26-8-4-7-22-20(14)26/h3,5-6,10,12-13,25H,2,4,7-9H2,1H3. The fourth-order valence-corrected chi connectivity index (χ4v) is 4.43. The van der Waals surface area contributed by atoms with E-state index in [0.29, 0.717) is 12.1 Å². The summed E-state index contributed by atoms with van der Waals surface area (Å²) in [4.78, 5) is 15.3. The van der Waals surface area contributed by atoms with Gasteiger partial charge in [0, 0.05) is 24.7 Å². The van der Waals surface area contributed by atoms with E-state index in [-0.39, 0.29) is 28.6 Å². The second-order valence-electron chi connectivity index (χ2n) is 6.85. The molecule has 0 atom stereocenters. The molecule has 0 aliphatic carbocycles. The molecular weight excluding hydrogens is 404 g/mol. The number of amidine groups is 1. The van der Waals surface area contributed by atoms with Crippen LogP contribution in [0.5, 0.6) is 11.6 Å². The molecule has 10 heteroatoms. The number of ether oxygens (including phenoxy) is 1. The lowest BCUT2D eigenvalue weighted by Crippen LogP contribution is -2.37. The number of hydrogen-bond acceptors (Lipinski definition) is 8. The van der Waals surface area contributed by atoms with Crippen molar-refractivity contribution in [2.24, 2.45) is 9.98 Å². The number of aliphatic imine (C=N–C) groups is 2. The Balaban J connectivity index is 1.66. The number of nitriles is 1. The van der Waals surface area contributed by atoms with Gasteiger partial charge in [-0.3, -0.25) is 9.71 Å². The Hall–Kier alpha value is -3.45. The summed E-state index contributed by atoms with van der Waals surface area (Å²) in [5.74, 6) is 1.27. The number of pyridine rings is 1. The van der Waals surface area contributed by atoms with Crippen LogP contribution in [0.1, 0.15) is 30.9 Å². The average molecular weight is 424 g/mol. The minimum atomic E-state index is -3.54. The summed E-state index contributed by atoms with van der Waals surface area (Å²) < 4.78 is 32.6. The topological polar surface area (TPSA) is 120 Å². The molecule has 0 amide bonds. The molecule has 3 heterocycles. The summed E-state index contributed by atoms with van der Waals surface area (Å²) in [6, 6.07) is 8.50. The van der Waals surface area contributed by atoms with Crippen molar-refractivity contribution in [1.29, 1.82) is 5.26 Å². The minimum absolute atomic E-state index is 0.0333. The number of rotatable bonds is 6. The number of nitrogens with one attached hydrogen (secondary N) is 1. The first kappa shape index (κ1) is 19.8. The average Bonchev–Trinajstić information content (AvgIpc) is 2.73. The molecule has 0 unspecified atom stereocenters. The van der Waals surface area contributed by atoms with Crippen molar-refractivity contribution in [3.63, 3.8) is 0 Å². The van der Waals surface area contributed by atoms with Gasteiger partial charge in [-0.2, -0.15) is 5.26 Å². The van der Waals surface area contributed by atoms with Gasteiger partial charge in [0.1, 0.15) is 23.2 Å². The molecule has 0 bridgehead atoms. The van der Waals surface area contributed by atoms with Crippen LogP contribution in [-0.2, 0) is 10.0 Å². The van der Waals surface area contributed by atoms with E-state index in [4.69, 9.17) is 4.74 Å². The third kappa shape index (κ3) is 3.97. The fourth-order valence-electron chi connectivity index (χ4n) is 3.29. The Morgan fingerprint density at radius 3 is 3.03 bits per heavy atom. The molecule has 4 rings (SSSR count). The number of hydrogen-bond donors (Lipinski definition) is 1. The van der Waals surface area contributed by atoms with Gasteiger partial charge in [0.15, 0.2) is 0 Å². The molecule has 1 aromatic heterocycles. The van der Waals surface area contributed by atoms with Crippen molar-refractivity contribution in [2.75, 3.05) is 23.6 Å². The molecule has 2 aromatic rings. The lowest BCUT2D eigenvalue weighted by Gasteiger charge is -2.29. The van der Waals surface area contributed by atoms with Crippen LogP contribution in [0.25, 0.3) is 0 Å². The van der Waals surface area contributed by atoms with Crippen molar-refractivity contribution < 1.29 is 13.2 Å². The minimum Gasteiger partial charge on any atom is -0.438 e. The zero-order chi connectivity index (χ0) is 21.1. The Morgan fingerprint density at radius 1 is 1.37 bits per heavy atom. The van der Waals surface area contributed by atoms with Crippen LogP contribution < -0.4 is 9.46 Å². The number of anilines is 1. The molecule has 30 heavy (non-hydrogen) atoms. The van der Waals surface area contributed by atoms with Gasteiger partial charge in [0.2, 0.25) is 15.9 Å². The smallest absolute Gasteiger partial charge is 0.232 e. The van der Waals surface area contributed by atoms with E-state index in [2.05, 4.69) is 19.7 Å². The van der Waals surface area contributed by atoms with Gasteiger partial charge in [-0.25, -0.2) is 18.4 Å². The highest BCUT2D eigenvalue weighted by Crippen LogP contribution is 2.33. The summed E-state index contributed by atoms with van der Waals surface area (Å²) >= 11 is 0. The normalized spacial score (nSPS) is 14.9. The highest BCUT2D eigenvalue weighted by atomic mass is 32.2.